The lowest BCUT2D eigenvalue weighted by atomic mass is 10.0. The summed E-state index contributed by atoms with van der Waals surface area (Å²) >= 11 is 6.02. The summed E-state index contributed by atoms with van der Waals surface area (Å²) in [4.78, 5) is 26.3. The Hall–Kier alpha value is -3.05. The van der Waals surface area contributed by atoms with Gasteiger partial charge in [-0.25, -0.2) is 0 Å². The molecule has 0 aliphatic heterocycles. The number of carbonyl (C=O) groups excluding carboxylic acids is 2. The summed E-state index contributed by atoms with van der Waals surface area (Å²) in [5.41, 5.74) is 0.901. The van der Waals surface area contributed by atoms with Crippen LogP contribution in [0.2, 0.25) is 5.02 Å². The molecule has 0 spiro atoms. The summed E-state index contributed by atoms with van der Waals surface area (Å²) in [6.45, 7) is 1.46. The summed E-state index contributed by atoms with van der Waals surface area (Å²) in [5, 5.41) is 11.6. The molecular formula is C22H21ClF3N3O2. The van der Waals surface area contributed by atoms with E-state index >= 15 is 0 Å². The Balaban J connectivity index is 2.28. The van der Waals surface area contributed by atoms with Crippen molar-refractivity contribution < 1.29 is 22.8 Å². The van der Waals surface area contributed by atoms with E-state index in [1.165, 1.54) is 36.4 Å². The van der Waals surface area contributed by atoms with Crippen LogP contribution < -0.4 is 5.32 Å². The molecule has 1 unspecified atom stereocenters. The third kappa shape index (κ3) is 7.00. The van der Waals surface area contributed by atoms with Crippen LogP contribution in [-0.2, 0) is 11.3 Å². The van der Waals surface area contributed by atoms with Gasteiger partial charge in [-0.1, -0.05) is 49.7 Å². The van der Waals surface area contributed by atoms with Crippen molar-refractivity contribution in [1.29, 1.82) is 5.26 Å². The fourth-order valence-electron chi connectivity index (χ4n) is 2.91. The Morgan fingerprint density at radius 1 is 1.13 bits per heavy atom. The van der Waals surface area contributed by atoms with Crippen LogP contribution in [0.15, 0.2) is 48.5 Å². The number of alkyl halides is 3. The fraction of sp³-hybridized carbons (Fsp3) is 0.318. The summed E-state index contributed by atoms with van der Waals surface area (Å²) in [6, 6.07) is 12.8. The minimum Gasteiger partial charge on any atom is -0.340 e. The average Bonchev–Trinajstić information content (AvgIpc) is 2.70. The van der Waals surface area contributed by atoms with Crippen LogP contribution in [-0.4, -0.2) is 35.5 Å². The maximum Gasteiger partial charge on any atom is 0.406 e. The van der Waals surface area contributed by atoms with Crippen LogP contribution in [0.25, 0.3) is 0 Å². The van der Waals surface area contributed by atoms with Gasteiger partial charge in [-0.05, 0) is 35.7 Å². The number of hydrogen-bond acceptors (Lipinski definition) is 3. The van der Waals surface area contributed by atoms with E-state index in [1.54, 1.807) is 26.0 Å². The number of hydrogen-bond donors (Lipinski definition) is 1. The predicted molar refractivity (Wildman–Crippen MR) is 110 cm³/mol. The summed E-state index contributed by atoms with van der Waals surface area (Å²) < 4.78 is 39.6. The van der Waals surface area contributed by atoms with Gasteiger partial charge in [0.1, 0.15) is 12.6 Å². The summed E-state index contributed by atoms with van der Waals surface area (Å²) in [5.74, 6) is -1.99. The van der Waals surface area contributed by atoms with Crippen LogP contribution in [0.3, 0.4) is 0 Å². The van der Waals surface area contributed by atoms with E-state index in [-0.39, 0.29) is 17.1 Å². The molecule has 0 saturated heterocycles. The minimum atomic E-state index is -4.63. The third-order valence-corrected chi connectivity index (χ3v) is 4.81. The maximum atomic E-state index is 13.2. The molecule has 0 bridgehead atoms. The first-order valence-corrected chi connectivity index (χ1v) is 9.79. The van der Waals surface area contributed by atoms with E-state index in [0.717, 1.165) is 0 Å². The highest BCUT2D eigenvalue weighted by molar-refractivity contribution is 6.33. The van der Waals surface area contributed by atoms with E-state index in [2.05, 4.69) is 5.32 Å². The molecule has 2 amide bonds. The van der Waals surface area contributed by atoms with Gasteiger partial charge in [-0.3, -0.25) is 9.59 Å². The highest BCUT2D eigenvalue weighted by Gasteiger charge is 2.37. The molecule has 5 nitrogen and oxygen atoms in total. The van der Waals surface area contributed by atoms with Gasteiger partial charge in [-0.2, -0.15) is 18.4 Å². The van der Waals surface area contributed by atoms with Gasteiger partial charge in [0.15, 0.2) is 0 Å². The lowest BCUT2D eigenvalue weighted by molar-refractivity contribution is -0.164. The zero-order valence-corrected chi connectivity index (χ0v) is 17.7. The Bertz CT molecular complexity index is 969. The molecule has 1 atom stereocenters. The highest BCUT2D eigenvalue weighted by atomic mass is 35.5. The van der Waals surface area contributed by atoms with Crippen LogP contribution in [0.5, 0.6) is 0 Å². The molecule has 0 saturated carbocycles. The van der Waals surface area contributed by atoms with E-state index < -0.39 is 36.5 Å². The van der Waals surface area contributed by atoms with Crippen molar-refractivity contribution >= 4 is 23.4 Å². The first-order valence-electron chi connectivity index (χ1n) is 9.42. The van der Waals surface area contributed by atoms with Crippen LogP contribution in [0, 0.1) is 17.2 Å². The lowest BCUT2D eigenvalue weighted by Crippen LogP contribution is -2.52. The van der Waals surface area contributed by atoms with Gasteiger partial charge in [0.05, 0.1) is 22.2 Å². The number of rotatable bonds is 7. The average molecular weight is 452 g/mol. The first-order chi connectivity index (χ1) is 14.5. The molecule has 0 aliphatic carbocycles. The van der Waals surface area contributed by atoms with E-state index in [0.29, 0.717) is 16.0 Å². The van der Waals surface area contributed by atoms with Crippen LogP contribution >= 0.6 is 11.6 Å². The standard InChI is InChI=1S/C22H21ClF3N3O2/c1-14(2)19(28-20(30)17-5-3-4-6-18(17)23)21(31)29(13-22(24,25)26)12-16-9-7-15(11-27)8-10-16/h3-10,14,19H,12-13H2,1-2H3,(H,28,30). The molecule has 2 aromatic carbocycles. The van der Waals surface area contributed by atoms with Crippen molar-refractivity contribution in [3.63, 3.8) is 0 Å². The normalized spacial score (nSPS) is 12.2. The van der Waals surface area contributed by atoms with Gasteiger partial charge in [-0.15, -0.1) is 0 Å². The van der Waals surface area contributed by atoms with Crippen molar-refractivity contribution in [2.24, 2.45) is 5.92 Å². The fourth-order valence-corrected chi connectivity index (χ4v) is 3.13. The van der Waals surface area contributed by atoms with Crippen molar-refractivity contribution in [3.05, 3.63) is 70.2 Å². The molecule has 0 aromatic heterocycles. The van der Waals surface area contributed by atoms with Crippen molar-refractivity contribution in [3.8, 4) is 6.07 Å². The molecule has 164 valence electrons. The minimum absolute atomic E-state index is 0.122. The third-order valence-electron chi connectivity index (χ3n) is 4.48. The number of nitriles is 1. The van der Waals surface area contributed by atoms with Crippen molar-refractivity contribution in [2.45, 2.75) is 32.6 Å². The van der Waals surface area contributed by atoms with E-state index in [4.69, 9.17) is 16.9 Å². The topological polar surface area (TPSA) is 73.2 Å². The Morgan fingerprint density at radius 3 is 2.26 bits per heavy atom. The number of amides is 2. The van der Waals surface area contributed by atoms with E-state index in [1.807, 2.05) is 6.07 Å². The molecule has 0 heterocycles. The summed E-state index contributed by atoms with van der Waals surface area (Å²) in [6.07, 6.45) is -4.63. The van der Waals surface area contributed by atoms with E-state index in [9.17, 15) is 22.8 Å². The number of carbonyl (C=O) groups is 2. The largest absolute Gasteiger partial charge is 0.406 e. The highest BCUT2D eigenvalue weighted by Crippen LogP contribution is 2.21. The Labute approximate surface area is 183 Å². The molecule has 31 heavy (non-hydrogen) atoms. The molecule has 1 N–H and O–H groups in total. The Kier molecular flexibility index (Phi) is 8.06. The number of nitrogens with zero attached hydrogens (tertiary/aromatic N) is 2. The van der Waals surface area contributed by atoms with Gasteiger partial charge < -0.3 is 10.2 Å². The first kappa shape index (κ1) is 24.2. The molecule has 2 rings (SSSR count). The van der Waals surface area contributed by atoms with Crippen LogP contribution in [0.1, 0.15) is 35.3 Å². The van der Waals surface area contributed by atoms with Gasteiger partial charge in [0.2, 0.25) is 5.91 Å². The zero-order valence-electron chi connectivity index (χ0n) is 16.9. The van der Waals surface area contributed by atoms with Crippen LogP contribution in [0.4, 0.5) is 13.2 Å². The number of benzene rings is 2. The molecule has 2 aromatic rings. The molecule has 0 radical (unpaired) electrons. The second-order valence-corrected chi connectivity index (χ2v) is 7.70. The van der Waals surface area contributed by atoms with Gasteiger partial charge in [0.25, 0.3) is 5.91 Å². The Morgan fingerprint density at radius 2 is 1.74 bits per heavy atom. The predicted octanol–water partition coefficient (Wildman–Crippen LogP) is 4.56. The smallest absolute Gasteiger partial charge is 0.340 e. The molecule has 9 heteroatoms. The number of nitrogens with one attached hydrogen (secondary N) is 1. The lowest BCUT2D eigenvalue weighted by Gasteiger charge is -2.30. The number of halogens is 4. The second kappa shape index (κ2) is 10.3. The van der Waals surface area contributed by atoms with Crippen molar-refractivity contribution in [1.82, 2.24) is 10.2 Å². The SMILES string of the molecule is CC(C)C(NC(=O)c1ccccc1Cl)C(=O)N(Cc1ccc(C#N)cc1)CC(F)(F)F. The zero-order chi connectivity index (χ0) is 23.2. The molecular weight excluding hydrogens is 431 g/mol. The second-order valence-electron chi connectivity index (χ2n) is 7.29. The molecule has 0 fully saturated rings. The van der Waals surface area contributed by atoms with Crippen molar-refractivity contribution in [2.75, 3.05) is 6.54 Å². The summed E-state index contributed by atoms with van der Waals surface area (Å²) in [7, 11) is 0. The monoisotopic (exact) mass is 451 g/mol. The van der Waals surface area contributed by atoms with Gasteiger partial charge in [0, 0.05) is 6.54 Å². The van der Waals surface area contributed by atoms with Gasteiger partial charge >= 0.3 is 6.18 Å². The maximum absolute atomic E-state index is 13.2. The quantitative estimate of drug-likeness (QED) is 0.670. The molecule has 0 aliphatic rings.